The molecule has 110 valence electrons. The summed E-state index contributed by atoms with van der Waals surface area (Å²) in [5.41, 5.74) is 0.681. The van der Waals surface area contributed by atoms with Crippen molar-refractivity contribution in [2.45, 2.75) is 32.4 Å². The number of carbonyl (C=O) groups is 1. The second-order valence-corrected chi connectivity index (χ2v) is 5.84. The summed E-state index contributed by atoms with van der Waals surface area (Å²) in [7, 11) is 0. The first-order chi connectivity index (χ1) is 9.56. The number of halogens is 1. The van der Waals surface area contributed by atoms with Crippen LogP contribution in [0.15, 0.2) is 24.3 Å². The van der Waals surface area contributed by atoms with Crippen molar-refractivity contribution in [2.75, 3.05) is 25.0 Å². The van der Waals surface area contributed by atoms with Crippen LogP contribution in [0, 0.1) is 0 Å². The molecule has 2 unspecified atom stereocenters. The molecule has 2 rings (SSSR count). The minimum Gasteiger partial charge on any atom is -0.325 e. The maximum absolute atomic E-state index is 12.0. The Balaban J connectivity index is 1.82. The third-order valence-corrected chi connectivity index (χ3v) is 4.00. The van der Waals surface area contributed by atoms with Crippen molar-refractivity contribution in [3.63, 3.8) is 0 Å². The normalized spacial score (nSPS) is 23.6. The number of nitrogens with one attached hydrogen (secondary N) is 2. The quantitative estimate of drug-likeness (QED) is 0.896. The number of anilines is 1. The van der Waals surface area contributed by atoms with Gasteiger partial charge in [-0.3, -0.25) is 9.69 Å². The van der Waals surface area contributed by atoms with Crippen LogP contribution in [0.4, 0.5) is 5.69 Å². The molecule has 0 bridgehead atoms. The fraction of sp³-hybridized carbons (Fsp3) is 0.533. The average Bonchev–Trinajstić information content (AvgIpc) is 2.42. The van der Waals surface area contributed by atoms with Crippen LogP contribution in [0.25, 0.3) is 0 Å². The molecule has 5 heteroatoms. The smallest absolute Gasteiger partial charge is 0.225 e. The van der Waals surface area contributed by atoms with E-state index in [1.165, 1.54) is 0 Å². The Bertz CT molecular complexity index is 466. The number of rotatable bonds is 4. The lowest BCUT2D eigenvalue weighted by molar-refractivity contribution is -0.116. The lowest BCUT2D eigenvalue weighted by Crippen LogP contribution is -2.54. The van der Waals surface area contributed by atoms with Crippen LogP contribution in [-0.4, -0.2) is 42.5 Å². The highest BCUT2D eigenvalue weighted by Gasteiger charge is 2.22. The first-order valence-corrected chi connectivity index (χ1v) is 7.46. The lowest BCUT2D eigenvalue weighted by atomic mass is 10.1. The first kappa shape index (κ1) is 15.3. The van der Waals surface area contributed by atoms with E-state index in [0.717, 1.165) is 19.6 Å². The Labute approximate surface area is 125 Å². The van der Waals surface area contributed by atoms with Crippen LogP contribution >= 0.6 is 11.6 Å². The van der Waals surface area contributed by atoms with Gasteiger partial charge in [0, 0.05) is 38.1 Å². The van der Waals surface area contributed by atoms with E-state index in [-0.39, 0.29) is 5.91 Å². The molecule has 1 aromatic carbocycles. The molecule has 1 aliphatic heterocycles. The summed E-state index contributed by atoms with van der Waals surface area (Å²) in [6, 6.07) is 8.26. The van der Waals surface area contributed by atoms with E-state index in [0.29, 0.717) is 29.2 Å². The molecule has 2 atom stereocenters. The largest absolute Gasteiger partial charge is 0.325 e. The van der Waals surface area contributed by atoms with Crippen molar-refractivity contribution in [3.05, 3.63) is 29.3 Å². The highest BCUT2D eigenvalue weighted by molar-refractivity contribution is 6.33. The summed E-state index contributed by atoms with van der Waals surface area (Å²) in [6.45, 7) is 7.10. The molecule has 0 saturated carbocycles. The van der Waals surface area contributed by atoms with Crippen molar-refractivity contribution >= 4 is 23.2 Å². The highest BCUT2D eigenvalue weighted by atomic mass is 35.5. The van der Waals surface area contributed by atoms with Gasteiger partial charge < -0.3 is 10.6 Å². The summed E-state index contributed by atoms with van der Waals surface area (Å²) in [5, 5.41) is 6.87. The van der Waals surface area contributed by atoms with E-state index < -0.39 is 0 Å². The molecular weight excluding hydrogens is 274 g/mol. The van der Waals surface area contributed by atoms with Crippen molar-refractivity contribution in [3.8, 4) is 0 Å². The summed E-state index contributed by atoms with van der Waals surface area (Å²) >= 11 is 6.03. The second-order valence-electron chi connectivity index (χ2n) is 5.43. The summed E-state index contributed by atoms with van der Waals surface area (Å²) in [4.78, 5) is 14.3. The van der Waals surface area contributed by atoms with Crippen LogP contribution in [0.2, 0.25) is 5.02 Å². The fourth-order valence-corrected chi connectivity index (χ4v) is 2.61. The van der Waals surface area contributed by atoms with E-state index in [1.54, 1.807) is 6.07 Å². The molecule has 20 heavy (non-hydrogen) atoms. The van der Waals surface area contributed by atoms with Gasteiger partial charge in [0.2, 0.25) is 5.91 Å². The van der Waals surface area contributed by atoms with Gasteiger partial charge >= 0.3 is 0 Å². The zero-order valence-corrected chi connectivity index (χ0v) is 12.8. The summed E-state index contributed by atoms with van der Waals surface area (Å²) < 4.78 is 0. The lowest BCUT2D eigenvalue weighted by Gasteiger charge is -2.37. The Morgan fingerprint density at radius 3 is 2.95 bits per heavy atom. The van der Waals surface area contributed by atoms with Gasteiger partial charge in [-0.2, -0.15) is 0 Å². The van der Waals surface area contributed by atoms with E-state index in [2.05, 4.69) is 29.4 Å². The maximum atomic E-state index is 12.0. The molecule has 1 aromatic rings. The number of para-hydroxylation sites is 1. The van der Waals surface area contributed by atoms with E-state index >= 15 is 0 Å². The Morgan fingerprint density at radius 1 is 1.45 bits per heavy atom. The minimum atomic E-state index is 0.0106. The molecule has 4 nitrogen and oxygen atoms in total. The maximum Gasteiger partial charge on any atom is 0.225 e. The number of hydrogen-bond donors (Lipinski definition) is 2. The third kappa shape index (κ3) is 4.20. The summed E-state index contributed by atoms with van der Waals surface area (Å²) in [5.74, 6) is 0.0106. The van der Waals surface area contributed by atoms with Gasteiger partial charge in [-0.15, -0.1) is 0 Å². The predicted octanol–water partition coefficient (Wildman–Crippen LogP) is 2.35. The Kier molecular flexibility index (Phi) is 5.40. The van der Waals surface area contributed by atoms with Crippen LogP contribution in [0.1, 0.15) is 20.3 Å². The third-order valence-electron chi connectivity index (χ3n) is 3.67. The van der Waals surface area contributed by atoms with Gasteiger partial charge in [0.25, 0.3) is 0 Å². The predicted molar refractivity (Wildman–Crippen MR) is 83.2 cm³/mol. The average molecular weight is 296 g/mol. The van der Waals surface area contributed by atoms with Gasteiger partial charge in [0.1, 0.15) is 0 Å². The molecule has 0 aromatic heterocycles. The van der Waals surface area contributed by atoms with Gasteiger partial charge in [-0.1, -0.05) is 23.7 Å². The van der Waals surface area contributed by atoms with Crippen LogP contribution < -0.4 is 10.6 Å². The number of amides is 1. The zero-order valence-electron chi connectivity index (χ0n) is 12.0. The van der Waals surface area contributed by atoms with Crippen LogP contribution in [0.3, 0.4) is 0 Å². The molecular formula is C15H22ClN3O. The molecule has 0 spiro atoms. The molecule has 1 heterocycles. The van der Waals surface area contributed by atoms with Crippen molar-refractivity contribution in [1.29, 1.82) is 0 Å². The number of hydrogen-bond acceptors (Lipinski definition) is 3. The molecule has 1 amide bonds. The number of piperazine rings is 1. The fourth-order valence-electron chi connectivity index (χ4n) is 2.43. The number of carbonyl (C=O) groups excluding carboxylic acids is 1. The minimum absolute atomic E-state index is 0.0106. The summed E-state index contributed by atoms with van der Waals surface area (Å²) in [6.07, 6.45) is 0.488. The van der Waals surface area contributed by atoms with Crippen molar-refractivity contribution < 1.29 is 4.79 Å². The van der Waals surface area contributed by atoms with Crippen molar-refractivity contribution in [1.82, 2.24) is 10.2 Å². The van der Waals surface area contributed by atoms with Gasteiger partial charge in [-0.05, 0) is 26.0 Å². The SMILES string of the molecule is CC1CN(CCC(=O)Nc2ccccc2Cl)C(C)CN1. The van der Waals surface area contributed by atoms with E-state index in [1.807, 2.05) is 18.2 Å². The van der Waals surface area contributed by atoms with E-state index in [4.69, 9.17) is 11.6 Å². The Hall–Kier alpha value is -1.10. The van der Waals surface area contributed by atoms with E-state index in [9.17, 15) is 4.79 Å². The number of benzene rings is 1. The first-order valence-electron chi connectivity index (χ1n) is 7.08. The molecule has 1 aliphatic rings. The highest BCUT2D eigenvalue weighted by Crippen LogP contribution is 2.20. The topological polar surface area (TPSA) is 44.4 Å². The van der Waals surface area contributed by atoms with Crippen LogP contribution in [-0.2, 0) is 4.79 Å². The molecule has 2 N–H and O–H groups in total. The molecule has 0 aliphatic carbocycles. The Morgan fingerprint density at radius 2 is 2.20 bits per heavy atom. The molecule has 1 fully saturated rings. The van der Waals surface area contributed by atoms with Crippen LogP contribution in [0.5, 0.6) is 0 Å². The van der Waals surface area contributed by atoms with Gasteiger partial charge in [0.15, 0.2) is 0 Å². The van der Waals surface area contributed by atoms with Gasteiger partial charge in [0.05, 0.1) is 10.7 Å². The number of nitrogens with zero attached hydrogens (tertiary/aromatic N) is 1. The second kappa shape index (κ2) is 7.07. The molecule has 1 saturated heterocycles. The van der Waals surface area contributed by atoms with Crippen molar-refractivity contribution in [2.24, 2.45) is 0 Å². The standard InChI is InChI=1S/C15H22ClN3O/c1-11-10-19(12(2)9-17-11)8-7-15(20)18-14-6-4-3-5-13(14)16/h3-6,11-12,17H,7-10H2,1-2H3,(H,18,20). The van der Waals surface area contributed by atoms with Gasteiger partial charge in [-0.25, -0.2) is 0 Å². The zero-order chi connectivity index (χ0) is 14.5. The monoisotopic (exact) mass is 295 g/mol. The molecule has 0 radical (unpaired) electrons.